The summed E-state index contributed by atoms with van der Waals surface area (Å²) in [5.41, 5.74) is 1.24. The molecule has 0 fully saturated rings. The Balaban J connectivity index is 2.18. The number of hydrogen-bond acceptors (Lipinski definition) is 4. The summed E-state index contributed by atoms with van der Waals surface area (Å²) >= 11 is 1.53. The van der Waals surface area contributed by atoms with Gasteiger partial charge in [-0.25, -0.2) is 4.79 Å². The first-order valence-electron chi connectivity index (χ1n) is 4.30. The maximum Gasteiger partial charge on any atom is 0.348 e. The van der Waals surface area contributed by atoms with E-state index in [1.807, 2.05) is 13.0 Å². The first kappa shape index (κ1) is 8.72. The molecule has 0 saturated carbocycles. The third kappa shape index (κ3) is 1.59. The molecular formula is C9H11NO2S. The van der Waals surface area contributed by atoms with Crippen LogP contribution in [0.1, 0.15) is 27.0 Å². The first-order valence-corrected chi connectivity index (χ1v) is 5.12. The fourth-order valence-corrected chi connectivity index (χ4v) is 2.42. The Kier molecular flexibility index (Phi) is 2.33. The summed E-state index contributed by atoms with van der Waals surface area (Å²) in [6.07, 6.45) is 0. The Morgan fingerprint density at radius 2 is 2.54 bits per heavy atom. The molecular weight excluding hydrogens is 186 g/mol. The van der Waals surface area contributed by atoms with Crippen molar-refractivity contribution < 1.29 is 9.53 Å². The van der Waals surface area contributed by atoms with Crippen LogP contribution >= 0.6 is 11.3 Å². The van der Waals surface area contributed by atoms with Gasteiger partial charge in [-0.05, 0) is 18.6 Å². The van der Waals surface area contributed by atoms with Crippen LogP contribution < -0.4 is 5.32 Å². The smallest absolute Gasteiger partial charge is 0.348 e. The van der Waals surface area contributed by atoms with Crippen molar-refractivity contribution in [3.63, 3.8) is 0 Å². The van der Waals surface area contributed by atoms with Gasteiger partial charge in [0.15, 0.2) is 0 Å². The largest absolute Gasteiger partial charge is 0.462 e. The van der Waals surface area contributed by atoms with Gasteiger partial charge in [0.05, 0.1) is 6.61 Å². The van der Waals surface area contributed by atoms with E-state index in [1.54, 1.807) is 0 Å². The van der Waals surface area contributed by atoms with E-state index in [0.29, 0.717) is 6.61 Å². The number of carbonyl (C=O) groups excluding carboxylic acids is 1. The number of esters is 1. The Labute approximate surface area is 80.7 Å². The van der Waals surface area contributed by atoms with Gasteiger partial charge in [0, 0.05) is 18.0 Å². The van der Waals surface area contributed by atoms with Crippen LogP contribution in [0.3, 0.4) is 0 Å². The molecule has 0 aromatic carbocycles. The van der Waals surface area contributed by atoms with Gasteiger partial charge in [0.25, 0.3) is 0 Å². The van der Waals surface area contributed by atoms with Crippen LogP contribution in [-0.4, -0.2) is 12.6 Å². The molecule has 0 unspecified atom stereocenters. The monoisotopic (exact) mass is 197 g/mol. The zero-order valence-electron chi connectivity index (χ0n) is 7.42. The van der Waals surface area contributed by atoms with Crippen molar-refractivity contribution in [3.05, 3.63) is 21.4 Å². The molecule has 1 aromatic rings. The van der Waals surface area contributed by atoms with Gasteiger partial charge in [0.1, 0.15) is 4.88 Å². The number of fused-ring (bicyclic) bond motifs is 1. The minimum atomic E-state index is -0.193. The standard InChI is InChI=1S/C9H11NO2S/c1-2-12-9(11)7-3-6-4-10-5-8(6)13-7/h3,10H,2,4-5H2,1H3. The third-order valence-corrected chi connectivity index (χ3v) is 3.13. The predicted molar refractivity (Wildman–Crippen MR) is 50.8 cm³/mol. The van der Waals surface area contributed by atoms with Crippen molar-refractivity contribution in [2.75, 3.05) is 6.61 Å². The molecule has 2 rings (SSSR count). The second kappa shape index (κ2) is 3.47. The molecule has 0 saturated heterocycles. The van der Waals surface area contributed by atoms with Gasteiger partial charge < -0.3 is 10.1 Å². The fourth-order valence-electron chi connectivity index (χ4n) is 1.38. The molecule has 0 bridgehead atoms. The van der Waals surface area contributed by atoms with E-state index in [4.69, 9.17) is 4.74 Å². The average Bonchev–Trinajstić information content (AvgIpc) is 2.61. The molecule has 1 N–H and O–H groups in total. The predicted octanol–water partition coefficient (Wildman–Crippen LogP) is 1.53. The number of thiophene rings is 1. The lowest BCUT2D eigenvalue weighted by Gasteiger charge is -1.97. The molecule has 0 spiro atoms. The molecule has 1 aliphatic rings. The van der Waals surface area contributed by atoms with Crippen LogP contribution in [0.2, 0.25) is 0 Å². The third-order valence-electron chi connectivity index (χ3n) is 1.97. The summed E-state index contributed by atoms with van der Waals surface area (Å²) in [4.78, 5) is 13.3. The minimum absolute atomic E-state index is 0.193. The highest BCUT2D eigenvalue weighted by molar-refractivity contribution is 7.14. The molecule has 13 heavy (non-hydrogen) atoms. The minimum Gasteiger partial charge on any atom is -0.462 e. The number of carbonyl (C=O) groups is 1. The molecule has 0 aliphatic carbocycles. The van der Waals surface area contributed by atoms with Crippen LogP contribution in [0.5, 0.6) is 0 Å². The zero-order chi connectivity index (χ0) is 9.26. The van der Waals surface area contributed by atoms with E-state index in [-0.39, 0.29) is 5.97 Å². The van der Waals surface area contributed by atoms with E-state index in [2.05, 4.69) is 5.32 Å². The molecule has 1 aromatic heterocycles. The molecule has 3 nitrogen and oxygen atoms in total. The molecule has 0 amide bonds. The second-order valence-electron chi connectivity index (χ2n) is 2.88. The summed E-state index contributed by atoms with van der Waals surface area (Å²) in [6.45, 7) is 4.03. The van der Waals surface area contributed by atoms with E-state index in [0.717, 1.165) is 18.0 Å². The lowest BCUT2D eigenvalue weighted by molar-refractivity contribution is 0.0532. The molecule has 0 radical (unpaired) electrons. The van der Waals surface area contributed by atoms with Crippen LogP contribution in [0.4, 0.5) is 0 Å². The number of rotatable bonds is 2. The van der Waals surface area contributed by atoms with Crippen LogP contribution in [0, 0.1) is 0 Å². The van der Waals surface area contributed by atoms with Crippen molar-refractivity contribution >= 4 is 17.3 Å². The SMILES string of the molecule is CCOC(=O)c1cc2c(s1)CNC2. The van der Waals surface area contributed by atoms with Gasteiger partial charge in [-0.2, -0.15) is 0 Å². The van der Waals surface area contributed by atoms with Crippen LogP contribution in [-0.2, 0) is 17.8 Å². The highest BCUT2D eigenvalue weighted by Crippen LogP contribution is 2.26. The van der Waals surface area contributed by atoms with Crippen molar-refractivity contribution in [1.82, 2.24) is 5.32 Å². The lowest BCUT2D eigenvalue weighted by Crippen LogP contribution is -2.04. The van der Waals surface area contributed by atoms with Crippen LogP contribution in [0.15, 0.2) is 6.07 Å². The van der Waals surface area contributed by atoms with Gasteiger partial charge in [-0.3, -0.25) is 0 Å². The zero-order valence-corrected chi connectivity index (χ0v) is 8.24. The van der Waals surface area contributed by atoms with Crippen molar-refractivity contribution in [2.24, 2.45) is 0 Å². The topological polar surface area (TPSA) is 38.3 Å². The molecule has 0 atom stereocenters. The molecule has 70 valence electrons. The maximum absolute atomic E-state index is 11.3. The normalized spacial score (nSPS) is 14.2. The molecule has 4 heteroatoms. The van der Waals surface area contributed by atoms with E-state index < -0.39 is 0 Å². The summed E-state index contributed by atoms with van der Waals surface area (Å²) < 4.78 is 4.92. The second-order valence-corrected chi connectivity index (χ2v) is 4.02. The summed E-state index contributed by atoms with van der Waals surface area (Å²) in [5.74, 6) is -0.193. The molecule has 1 aliphatic heterocycles. The quantitative estimate of drug-likeness (QED) is 0.731. The summed E-state index contributed by atoms with van der Waals surface area (Å²) in [6, 6.07) is 1.93. The first-order chi connectivity index (χ1) is 6.31. The van der Waals surface area contributed by atoms with Crippen molar-refractivity contribution in [2.45, 2.75) is 20.0 Å². The maximum atomic E-state index is 11.3. The number of hydrogen-bond donors (Lipinski definition) is 1. The van der Waals surface area contributed by atoms with E-state index >= 15 is 0 Å². The fraction of sp³-hybridized carbons (Fsp3) is 0.444. The highest BCUT2D eigenvalue weighted by atomic mass is 32.1. The summed E-state index contributed by atoms with van der Waals surface area (Å²) in [5, 5.41) is 3.22. The van der Waals surface area contributed by atoms with Crippen molar-refractivity contribution in [1.29, 1.82) is 0 Å². The molecule has 2 heterocycles. The Morgan fingerprint density at radius 1 is 1.69 bits per heavy atom. The van der Waals surface area contributed by atoms with Gasteiger partial charge in [-0.1, -0.05) is 0 Å². The van der Waals surface area contributed by atoms with Gasteiger partial charge >= 0.3 is 5.97 Å². The number of nitrogens with one attached hydrogen (secondary N) is 1. The Bertz CT molecular complexity index is 311. The van der Waals surface area contributed by atoms with Gasteiger partial charge in [-0.15, -0.1) is 11.3 Å². The van der Waals surface area contributed by atoms with Gasteiger partial charge in [0.2, 0.25) is 0 Å². The van der Waals surface area contributed by atoms with Crippen LogP contribution in [0.25, 0.3) is 0 Å². The van der Waals surface area contributed by atoms with E-state index in [1.165, 1.54) is 21.8 Å². The lowest BCUT2D eigenvalue weighted by atomic mass is 10.3. The Hall–Kier alpha value is -0.870. The highest BCUT2D eigenvalue weighted by Gasteiger charge is 2.18. The average molecular weight is 197 g/mol. The van der Waals surface area contributed by atoms with E-state index in [9.17, 15) is 4.79 Å². The summed E-state index contributed by atoms with van der Waals surface area (Å²) in [7, 11) is 0. The number of ether oxygens (including phenoxy) is 1. The Morgan fingerprint density at radius 3 is 3.23 bits per heavy atom. The van der Waals surface area contributed by atoms with Crippen molar-refractivity contribution in [3.8, 4) is 0 Å².